The summed E-state index contributed by atoms with van der Waals surface area (Å²) in [6.45, 7) is 0. The number of hydrogen-bond donors (Lipinski definition) is 1. The molecule has 0 heterocycles. The van der Waals surface area contributed by atoms with Crippen LogP contribution < -0.4 is 0 Å². The van der Waals surface area contributed by atoms with Gasteiger partial charge in [-0.05, 0) is 30.3 Å². The van der Waals surface area contributed by atoms with Gasteiger partial charge >= 0.3 is 0 Å². The summed E-state index contributed by atoms with van der Waals surface area (Å²) in [5.74, 6) is 6.07. The molecule has 2 aromatic rings. The second-order valence-corrected chi connectivity index (χ2v) is 4.03. The molecule has 1 N–H and O–H groups in total. The number of benzene rings is 2. The highest BCUT2D eigenvalue weighted by Crippen LogP contribution is 2.14. The minimum atomic E-state index is 0.579. The molecule has 18 heavy (non-hydrogen) atoms. The van der Waals surface area contributed by atoms with Gasteiger partial charge in [0, 0.05) is 21.7 Å². The smallest absolute Gasteiger partial charge is 0.0746 e. The fourth-order valence-corrected chi connectivity index (χ4v) is 1.66. The fraction of sp³-hybridized carbons (Fsp3) is 0. The summed E-state index contributed by atoms with van der Waals surface area (Å²) in [5, 5.41) is 12.2. The van der Waals surface area contributed by atoms with Crippen LogP contribution in [-0.4, -0.2) is 11.4 Å². The highest BCUT2D eigenvalue weighted by atomic mass is 35.5. The number of nitrogens with zero attached hydrogens (tertiary/aromatic N) is 1. The van der Waals surface area contributed by atoms with Crippen LogP contribution in [0.25, 0.3) is 0 Å². The molecule has 0 aliphatic heterocycles. The maximum absolute atomic E-state index is 8.60. The van der Waals surface area contributed by atoms with Crippen molar-refractivity contribution < 1.29 is 5.21 Å². The van der Waals surface area contributed by atoms with Gasteiger partial charge in [0.25, 0.3) is 0 Å². The van der Waals surface area contributed by atoms with Crippen molar-refractivity contribution in [2.75, 3.05) is 0 Å². The molecule has 0 radical (unpaired) electrons. The first-order valence-corrected chi connectivity index (χ1v) is 5.71. The lowest BCUT2D eigenvalue weighted by molar-refractivity contribution is 0.322. The maximum Gasteiger partial charge on any atom is 0.0746 e. The summed E-state index contributed by atoms with van der Waals surface area (Å²) in [4.78, 5) is 0. The zero-order valence-electron chi connectivity index (χ0n) is 9.47. The van der Waals surface area contributed by atoms with Crippen molar-refractivity contribution in [2.45, 2.75) is 0 Å². The van der Waals surface area contributed by atoms with Crippen molar-refractivity contribution in [3.05, 3.63) is 70.2 Å². The Hall–Kier alpha value is -2.24. The predicted octanol–water partition coefficient (Wildman–Crippen LogP) is 3.55. The molecule has 2 rings (SSSR count). The van der Waals surface area contributed by atoms with E-state index in [4.69, 9.17) is 16.8 Å². The van der Waals surface area contributed by atoms with Crippen molar-refractivity contribution in [1.29, 1.82) is 0 Å². The molecule has 0 fully saturated rings. The molecular formula is C15H10ClNO. The number of hydrogen-bond acceptors (Lipinski definition) is 2. The minimum absolute atomic E-state index is 0.579. The second-order valence-electron chi connectivity index (χ2n) is 3.59. The topological polar surface area (TPSA) is 32.6 Å². The Bertz CT molecular complexity index is 624. The van der Waals surface area contributed by atoms with Crippen molar-refractivity contribution in [3.63, 3.8) is 0 Å². The summed E-state index contributed by atoms with van der Waals surface area (Å²) in [6.07, 6.45) is 1.32. The Morgan fingerprint density at radius 1 is 1.06 bits per heavy atom. The van der Waals surface area contributed by atoms with Gasteiger partial charge in [0.15, 0.2) is 0 Å². The normalized spacial score (nSPS) is 10.1. The van der Waals surface area contributed by atoms with Crippen molar-refractivity contribution >= 4 is 17.8 Å². The lowest BCUT2D eigenvalue weighted by Gasteiger charge is -1.98. The molecular weight excluding hydrogens is 246 g/mol. The second kappa shape index (κ2) is 5.90. The molecule has 2 nitrogen and oxygen atoms in total. The van der Waals surface area contributed by atoms with E-state index in [0.29, 0.717) is 10.6 Å². The molecule has 3 heteroatoms. The van der Waals surface area contributed by atoms with E-state index in [0.717, 1.165) is 11.1 Å². The zero-order valence-corrected chi connectivity index (χ0v) is 10.2. The van der Waals surface area contributed by atoms with Gasteiger partial charge in [-0.1, -0.05) is 46.8 Å². The van der Waals surface area contributed by atoms with Crippen LogP contribution in [0.2, 0.25) is 5.02 Å². The van der Waals surface area contributed by atoms with Crippen LogP contribution in [0.1, 0.15) is 16.7 Å². The van der Waals surface area contributed by atoms with Crippen LogP contribution in [0.3, 0.4) is 0 Å². The predicted molar refractivity (Wildman–Crippen MR) is 73.3 cm³/mol. The van der Waals surface area contributed by atoms with Gasteiger partial charge in [0.1, 0.15) is 0 Å². The Kier molecular flexibility index (Phi) is 4.01. The van der Waals surface area contributed by atoms with E-state index in [9.17, 15) is 0 Å². The molecule has 0 aliphatic carbocycles. The number of rotatable bonds is 1. The standard InChI is InChI=1S/C15H10ClNO/c16-15-9-8-13(14(10-15)11-17-18)7-6-12-4-2-1-3-5-12/h1-5,8-11,18H/b17-11+. The summed E-state index contributed by atoms with van der Waals surface area (Å²) in [6, 6.07) is 14.9. The van der Waals surface area contributed by atoms with E-state index in [1.807, 2.05) is 30.3 Å². The highest BCUT2D eigenvalue weighted by molar-refractivity contribution is 6.30. The molecule has 0 aliphatic rings. The first-order valence-electron chi connectivity index (χ1n) is 5.33. The van der Waals surface area contributed by atoms with E-state index >= 15 is 0 Å². The van der Waals surface area contributed by atoms with Gasteiger partial charge < -0.3 is 5.21 Å². The average molecular weight is 256 g/mol. The SMILES string of the molecule is O/N=C/c1cc(Cl)ccc1C#Cc1ccccc1. The largest absolute Gasteiger partial charge is 0.411 e. The molecule has 0 bridgehead atoms. The van der Waals surface area contributed by atoms with E-state index in [-0.39, 0.29) is 0 Å². The minimum Gasteiger partial charge on any atom is -0.411 e. The number of oxime groups is 1. The van der Waals surface area contributed by atoms with E-state index < -0.39 is 0 Å². The summed E-state index contributed by atoms with van der Waals surface area (Å²) >= 11 is 5.88. The van der Waals surface area contributed by atoms with Gasteiger partial charge in [0.05, 0.1) is 6.21 Å². The molecule has 0 amide bonds. The first kappa shape index (κ1) is 12.2. The van der Waals surface area contributed by atoms with E-state index in [1.54, 1.807) is 18.2 Å². The van der Waals surface area contributed by atoms with E-state index in [2.05, 4.69) is 17.0 Å². The van der Waals surface area contributed by atoms with E-state index in [1.165, 1.54) is 6.21 Å². The first-order chi connectivity index (χ1) is 8.79. The Morgan fingerprint density at radius 2 is 1.83 bits per heavy atom. The monoisotopic (exact) mass is 255 g/mol. The van der Waals surface area contributed by atoms with Crippen LogP contribution in [0.15, 0.2) is 53.7 Å². The van der Waals surface area contributed by atoms with Crippen molar-refractivity contribution in [3.8, 4) is 11.8 Å². The zero-order chi connectivity index (χ0) is 12.8. The van der Waals surface area contributed by atoms with Gasteiger partial charge in [-0.2, -0.15) is 0 Å². The highest BCUT2D eigenvalue weighted by Gasteiger charge is 1.98. The van der Waals surface area contributed by atoms with Gasteiger partial charge in [-0.25, -0.2) is 0 Å². The molecule has 0 atom stereocenters. The van der Waals surface area contributed by atoms with Crippen LogP contribution in [0.5, 0.6) is 0 Å². The number of halogens is 1. The van der Waals surface area contributed by atoms with Crippen molar-refractivity contribution in [2.24, 2.45) is 5.16 Å². The average Bonchev–Trinajstić information content (AvgIpc) is 2.39. The van der Waals surface area contributed by atoms with Crippen molar-refractivity contribution in [1.82, 2.24) is 0 Å². The molecule has 2 aromatic carbocycles. The van der Waals surface area contributed by atoms with Crippen LogP contribution in [0.4, 0.5) is 0 Å². The third-order valence-electron chi connectivity index (χ3n) is 2.33. The summed E-state index contributed by atoms with van der Waals surface area (Å²) in [7, 11) is 0. The van der Waals surface area contributed by atoms with Crippen LogP contribution in [0, 0.1) is 11.8 Å². The van der Waals surface area contributed by atoms with Gasteiger partial charge in [-0.15, -0.1) is 0 Å². The molecule has 0 saturated heterocycles. The summed E-state index contributed by atoms with van der Waals surface area (Å²) in [5.41, 5.74) is 2.38. The Labute approximate surface area is 111 Å². The Morgan fingerprint density at radius 3 is 2.56 bits per heavy atom. The third-order valence-corrected chi connectivity index (χ3v) is 2.56. The quantitative estimate of drug-likeness (QED) is 0.359. The van der Waals surface area contributed by atoms with Crippen LogP contribution >= 0.6 is 11.6 Å². The molecule has 0 spiro atoms. The molecule has 88 valence electrons. The lowest BCUT2D eigenvalue weighted by atomic mass is 10.1. The lowest BCUT2D eigenvalue weighted by Crippen LogP contribution is -1.88. The maximum atomic E-state index is 8.60. The van der Waals surface area contributed by atoms with Gasteiger partial charge in [-0.3, -0.25) is 0 Å². The molecule has 0 saturated carbocycles. The van der Waals surface area contributed by atoms with Crippen LogP contribution in [-0.2, 0) is 0 Å². The molecule has 0 aromatic heterocycles. The Balaban J connectivity index is 2.38. The summed E-state index contributed by atoms with van der Waals surface area (Å²) < 4.78 is 0. The fourth-order valence-electron chi connectivity index (χ4n) is 1.48. The molecule has 0 unspecified atom stereocenters. The third kappa shape index (κ3) is 3.13. The van der Waals surface area contributed by atoms with Gasteiger partial charge in [0.2, 0.25) is 0 Å².